The maximum atomic E-state index is 12.3. The molecule has 0 N–H and O–H groups in total. The molecule has 0 aliphatic rings. The Hall–Kier alpha value is -1.33. The number of carbonyl (C=O) groups is 1. The molecule has 0 saturated heterocycles. The first-order valence-corrected chi connectivity index (χ1v) is 6.49. The van der Waals surface area contributed by atoms with Crippen LogP contribution in [0.4, 0.5) is 5.69 Å². The van der Waals surface area contributed by atoms with Gasteiger partial charge in [0.2, 0.25) is 0 Å². The number of nitro benzene ring substituents is 1. The Labute approximate surface area is 121 Å². The van der Waals surface area contributed by atoms with E-state index in [4.69, 9.17) is 23.2 Å². The van der Waals surface area contributed by atoms with Crippen molar-refractivity contribution in [3.8, 4) is 0 Å². The summed E-state index contributed by atoms with van der Waals surface area (Å²) in [5.41, 5.74) is -0.200. The molecular formula is C12H14Cl2N2O3. The highest BCUT2D eigenvalue weighted by Gasteiger charge is 2.24. The zero-order valence-corrected chi connectivity index (χ0v) is 12.3. The highest BCUT2D eigenvalue weighted by Crippen LogP contribution is 2.31. The van der Waals surface area contributed by atoms with Crippen LogP contribution in [0.2, 0.25) is 10.0 Å². The Morgan fingerprint density at radius 1 is 1.42 bits per heavy atom. The molecule has 0 saturated carbocycles. The number of nitro groups is 1. The quantitative estimate of drug-likeness (QED) is 0.628. The van der Waals surface area contributed by atoms with E-state index in [1.165, 1.54) is 0 Å². The topological polar surface area (TPSA) is 63.5 Å². The molecule has 0 heterocycles. The summed E-state index contributed by atoms with van der Waals surface area (Å²) in [6, 6.07) is 2.25. The Morgan fingerprint density at radius 2 is 2.00 bits per heavy atom. The third-order valence-corrected chi connectivity index (χ3v) is 3.48. The van der Waals surface area contributed by atoms with Gasteiger partial charge >= 0.3 is 0 Å². The summed E-state index contributed by atoms with van der Waals surface area (Å²) < 4.78 is 0. The second kappa shape index (κ2) is 6.21. The molecule has 0 spiro atoms. The minimum Gasteiger partial charge on any atom is -0.336 e. The number of halogens is 2. The molecule has 5 nitrogen and oxygen atoms in total. The molecule has 7 heteroatoms. The second-order valence-corrected chi connectivity index (χ2v) is 5.02. The molecule has 0 aliphatic carbocycles. The molecule has 0 atom stereocenters. The SMILES string of the molecule is CCN(C(=O)c1cc([N+](=O)[O-])cc(Cl)c1Cl)C(C)C. The van der Waals surface area contributed by atoms with Gasteiger partial charge in [-0.3, -0.25) is 14.9 Å². The first kappa shape index (κ1) is 15.7. The molecule has 0 radical (unpaired) electrons. The molecule has 0 aliphatic heterocycles. The van der Waals surface area contributed by atoms with Gasteiger partial charge in [-0.25, -0.2) is 0 Å². The maximum absolute atomic E-state index is 12.3. The van der Waals surface area contributed by atoms with E-state index in [1.54, 1.807) is 4.90 Å². The van der Waals surface area contributed by atoms with Crippen LogP contribution in [-0.2, 0) is 0 Å². The van der Waals surface area contributed by atoms with Crippen molar-refractivity contribution in [1.82, 2.24) is 4.90 Å². The fourth-order valence-electron chi connectivity index (χ4n) is 1.73. The summed E-state index contributed by atoms with van der Waals surface area (Å²) >= 11 is 11.8. The van der Waals surface area contributed by atoms with Crippen LogP contribution in [0.3, 0.4) is 0 Å². The summed E-state index contributed by atoms with van der Waals surface area (Å²) in [6.45, 7) is 6.01. The van der Waals surface area contributed by atoms with E-state index in [2.05, 4.69) is 0 Å². The molecule has 0 unspecified atom stereocenters. The van der Waals surface area contributed by atoms with E-state index >= 15 is 0 Å². The molecule has 1 aromatic rings. The number of carbonyl (C=O) groups excluding carboxylic acids is 1. The standard InChI is InChI=1S/C12H14Cl2N2O3/c1-4-15(7(2)3)12(17)9-5-8(16(18)19)6-10(13)11(9)14/h5-7H,4H2,1-3H3. The lowest BCUT2D eigenvalue weighted by Crippen LogP contribution is -2.36. The number of benzene rings is 1. The summed E-state index contributed by atoms with van der Waals surface area (Å²) in [6.07, 6.45) is 0. The van der Waals surface area contributed by atoms with Crippen LogP contribution < -0.4 is 0 Å². The lowest BCUT2D eigenvalue weighted by molar-refractivity contribution is -0.384. The molecule has 104 valence electrons. The van der Waals surface area contributed by atoms with Gasteiger partial charge in [-0.15, -0.1) is 0 Å². The van der Waals surface area contributed by atoms with Gasteiger partial charge in [0.25, 0.3) is 11.6 Å². The van der Waals surface area contributed by atoms with E-state index in [0.29, 0.717) is 6.54 Å². The van der Waals surface area contributed by atoms with Crippen LogP contribution in [0.5, 0.6) is 0 Å². The fraction of sp³-hybridized carbons (Fsp3) is 0.417. The summed E-state index contributed by atoms with van der Waals surface area (Å²) in [7, 11) is 0. The van der Waals surface area contributed by atoms with Gasteiger partial charge in [0.15, 0.2) is 0 Å². The van der Waals surface area contributed by atoms with E-state index in [1.807, 2.05) is 20.8 Å². The smallest absolute Gasteiger partial charge is 0.271 e. The second-order valence-electron chi connectivity index (χ2n) is 4.23. The minimum absolute atomic E-state index is 0.000902. The van der Waals surface area contributed by atoms with E-state index in [9.17, 15) is 14.9 Å². The maximum Gasteiger partial charge on any atom is 0.271 e. The van der Waals surface area contributed by atoms with Crippen LogP contribution in [-0.4, -0.2) is 28.3 Å². The van der Waals surface area contributed by atoms with Gasteiger partial charge in [0.1, 0.15) is 0 Å². The van der Waals surface area contributed by atoms with Crippen LogP contribution >= 0.6 is 23.2 Å². The molecule has 0 fully saturated rings. The molecule has 0 bridgehead atoms. The highest BCUT2D eigenvalue weighted by molar-refractivity contribution is 6.44. The van der Waals surface area contributed by atoms with E-state index < -0.39 is 4.92 Å². The van der Waals surface area contributed by atoms with Gasteiger partial charge in [-0.1, -0.05) is 23.2 Å². The Balaban J connectivity index is 3.33. The first-order valence-electron chi connectivity index (χ1n) is 5.74. The van der Waals surface area contributed by atoms with Crippen molar-refractivity contribution in [3.63, 3.8) is 0 Å². The van der Waals surface area contributed by atoms with Gasteiger partial charge < -0.3 is 4.90 Å². The van der Waals surface area contributed by atoms with Crippen LogP contribution in [0.25, 0.3) is 0 Å². The first-order chi connectivity index (χ1) is 8.79. The summed E-state index contributed by atoms with van der Waals surface area (Å²) in [5, 5.41) is 10.8. The lowest BCUT2D eigenvalue weighted by atomic mass is 10.1. The number of amides is 1. The van der Waals surface area contributed by atoms with Crippen molar-refractivity contribution in [2.24, 2.45) is 0 Å². The average molecular weight is 305 g/mol. The number of hydrogen-bond donors (Lipinski definition) is 0. The van der Waals surface area contributed by atoms with Crippen molar-refractivity contribution in [2.45, 2.75) is 26.8 Å². The predicted octanol–water partition coefficient (Wildman–Crippen LogP) is 3.77. The Morgan fingerprint density at radius 3 is 2.42 bits per heavy atom. The van der Waals surface area contributed by atoms with Crippen LogP contribution in [0.1, 0.15) is 31.1 Å². The van der Waals surface area contributed by atoms with Gasteiger partial charge in [0.05, 0.1) is 20.5 Å². The lowest BCUT2D eigenvalue weighted by Gasteiger charge is -2.25. The van der Waals surface area contributed by atoms with Crippen LogP contribution in [0, 0.1) is 10.1 Å². The van der Waals surface area contributed by atoms with Gasteiger partial charge in [-0.05, 0) is 20.8 Å². The zero-order valence-electron chi connectivity index (χ0n) is 10.8. The van der Waals surface area contributed by atoms with Crippen molar-refractivity contribution in [2.75, 3.05) is 6.54 Å². The fourth-order valence-corrected chi connectivity index (χ4v) is 2.14. The third-order valence-electron chi connectivity index (χ3n) is 2.68. The van der Waals surface area contributed by atoms with Crippen molar-refractivity contribution in [1.29, 1.82) is 0 Å². The van der Waals surface area contributed by atoms with Crippen LogP contribution in [0.15, 0.2) is 12.1 Å². The largest absolute Gasteiger partial charge is 0.336 e. The summed E-state index contributed by atoms with van der Waals surface area (Å²) in [4.78, 5) is 24.1. The number of non-ortho nitro benzene ring substituents is 1. The van der Waals surface area contributed by atoms with E-state index in [0.717, 1.165) is 12.1 Å². The molecule has 1 aromatic carbocycles. The highest BCUT2D eigenvalue weighted by atomic mass is 35.5. The Bertz CT molecular complexity index is 518. The molecular weight excluding hydrogens is 291 g/mol. The number of nitrogens with zero attached hydrogens (tertiary/aromatic N) is 2. The van der Waals surface area contributed by atoms with Gasteiger partial charge in [0, 0.05) is 24.7 Å². The number of rotatable bonds is 4. The monoisotopic (exact) mass is 304 g/mol. The van der Waals surface area contributed by atoms with Crippen molar-refractivity contribution < 1.29 is 9.72 Å². The zero-order chi connectivity index (χ0) is 14.7. The minimum atomic E-state index is -0.606. The third kappa shape index (κ3) is 3.36. The van der Waals surface area contributed by atoms with Gasteiger partial charge in [-0.2, -0.15) is 0 Å². The number of hydrogen-bond acceptors (Lipinski definition) is 3. The molecule has 19 heavy (non-hydrogen) atoms. The molecule has 0 aromatic heterocycles. The normalized spacial score (nSPS) is 10.6. The van der Waals surface area contributed by atoms with Crippen molar-refractivity contribution >= 4 is 34.8 Å². The van der Waals surface area contributed by atoms with Crippen molar-refractivity contribution in [3.05, 3.63) is 37.9 Å². The Kier molecular flexibility index (Phi) is 5.14. The molecule has 1 amide bonds. The average Bonchev–Trinajstić information content (AvgIpc) is 2.32. The summed E-state index contributed by atoms with van der Waals surface area (Å²) in [5.74, 6) is -0.367. The predicted molar refractivity (Wildman–Crippen MR) is 75.0 cm³/mol. The van der Waals surface area contributed by atoms with E-state index in [-0.39, 0.29) is 33.2 Å². The molecule has 1 rings (SSSR count).